The molecule has 0 aliphatic heterocycles. The maximum Gasteiger partial charge on any atom is 0.434 e. The number of hydrogen-bond acceptors (Lipinski definition) is 3. The highest BCUT2D eigenvalue weighted by Gasteiger charge is 2.35. The Morgan fingerprint density at radius 3 is 2.35 bits per heavy atom. The Morgan fingerprint density at radius 1 is 1.15 bits per heavy atom. The molecule has 2 aromatic carbocycles. The summed E-state index contributed by atoms with van der Waals surface area (Å²) in [4.78, 5) is 3.75. The third-order valence-corrected chi connectivity index (χ3v) is 4.80. The number of alkyl halides is 3. The fraction of sp³-hybridized carbons (Fsp3) is 0.118. The lowest BCUT2D eigenvalue weighted by molar-refractivity contribution is -0.140. The van der Waals surface area contributed by atoms with E-state index < -0.39 is 23.0 Å². The first-order valence-corrected chi connectivity index (χ1v) is 8.75. The molecule has 0 fully saturated rings. The standard InChI is InChI=1S/C17H12ClF3N2O2S/c1-10-2-3-11(8-14(10)18)16-22-15(17(19,20)21)9-23(16)12-4-6-13(7-5-12)26(24)25/h2-9H,1H3,(H,24,25)/p-1. The summed E-state index contributed by atoms with van der Waals surface area (Å²) in [6.07, 6.45) is -3.75. The fourth-order valence-corrected chi connectivity index (χ4v) is 2.91. The second kappa shape index (κ2) is 6.86. The highest BCUT2D eigenvalue weighted by atomic mass is 35.5. The largest absolute Gasteiger partial charge is 0.768 e. The first kappa shape index (κ1) is 18.6. The van der Waals surface area contributed by atoms with Gasteiger partial charge in [-0.25, -0.2) is 4.98 Å². The van der Waals surface area contributed by atoms with Gasteiger partial charge < -0.3 is 4.55 Å². The van der Waals surface area contributed by atoms with Gasteiger partial charge in [0.05, 0.1) is 0 Å². The molecule has 1 aromatic heterocycles. The average Bonchev–Trinajstić information content (AvgIpc) is 3.03. The van der Waals surface area contributed by atoms with E-state index in [0.29, 0.717) is 16.3 Å². The zero-order valence-electron chi connectivity index (χ0n) is 13.2. The van der Waals surface area contributed by atoms with E-state index in [1.165, 1.54) is 34.9 Å². The molecule has 0 aliphatic carbocycles. The third-order valence-electron chi connectivity index (χ3n) is 3.73. The zero-order chi connectivity index (χ0) is 19.1. The van der Waals surface area contributed by atoms with E-state index in [4.69, 9.17) is 11.6 Å². The molecule has 136 valence electrons. The number of nitrogens with zero attached hydrogens (tertiary/aromatic N) is 2. The molecule has 0 bridgehead atoms. The van der Waals surface area contributed by atoms with Gasteiger partial charge in [0.15, 0.2) is 5.69 Å². The monoisotopic (exact) mass is 399 g/mol. The quantitative estimate of drug-likeness (QED) is 0.597. The number of imidazole rings is 1. The average molecular weight is 400 g/mol. The lowest BCUT2D eigenvalue weighted by Crippen LogP contribution is -2.05. The van der Waals surface area contributed by atoms with Crippen molar-refractivity contribution in [1.29, 1.82) is 0 Å². The van der Waals surface area contributed by atoms with Crippen LogP contribution >= 0.6 is 11.6 Å². The van der Waals surface area contributed by atoms with Gasteiger partial charge in [-0.05, 0) is 53.9 Å². The van der Waals surface area contributed by atoms with Gasteiger partial charge in [0.1, 0.15) is 5.82 Å². The summed E-state index contributed by atoms with van der Waals surface area (Å²) < 4.78 is 62.6. The topological polar surface area (TPSA) is 58.0 Å². The Bertz CT molecular complexity index is 985. The van der Waals surface area contributed by atoms with Crippen molar-refractivity contribution in [2.45, 2.75) is 18.0 Å². The van der Waals surface area contributed by atoms with Crippen molar-refractivity contribution >= 4 is 22.7 Å². The van der Waals surface area contributed by atoms with Crippen LogP contribution in [0.15, 0.2) is 53.6 Å². The van der Waals surface area contributed by atoms with Crippen LogP contribution in [-0.4, -0.2) is 18.3 Å². The van der Waals surface area contributed by atoms with Crippen LogP contribution < -0.4 is 0 Å². The molecule has 3 aromatic rings. The zero-order valence-corrected chi connectivity index (χ0v) is 14.8. The van der Waals surface area contributed by atoms with Gasteiger partial charge in [0.25, 0.3) is 0 Å². The van der Waals surface area contributed by atoms with Crippen LogP contribution in [0, 0.1) is 6.92 Å². The lowest BCUT2D eigenvalue weighted by Gasteiger charge is -2.10. The molecule has 1 unspecified atom stereocenters. The molecule has 0 saturated carbocycles. The molecule has 9 heteroatoms. The van der Waals surface area contributed by atoms with Gasteiger partial charge in [0, 0.05) is 27.4 Å². The second-order valence-electron chi connectivity index (χ2n) is 5.51. The summed E-state index contributed by atoms with van der Waals surface area (Å²) in [5.74, 6) is 0.0511. The van der Waals surface area contributed by atoms with Gasteiger partial charge in [0.2, 0.25) is 0 Å². The Balaban J connectivity index is 2.18. The Morgan fingerprint density at radius 2 is 1.81 bits per heavy atom. The number of benzene rings is 2. The Labute approximate surface area is 154 Å². The highest BCUT2D eigenvalue weighted by molar-refractivity contribution is 7.79. The SMILES string of the molecule is Cc1ccc(-c2nc(C(F)(F)F)cn2-c2ccc(S(=O)[O-])cc2)cc1Cl. The summed E-state index contributed by atoms with van der Waals surface area (Å²) in [6.45, 7) is 1.78. The van der Waals surface area contributed by atoms with Crippen LogP contribution in [0.1, 0.15) is 11.3 Å². The van der Waals surface area contributed by atoms with Crippen LogP contribution in [0.25, 0.3) is 17.1 Å². The van der Waals surface area contributed by atoms with Crippen molar-refractivity contribution in [3.8, 4) is 17.1 Å². The van der Waals surface area contributed by atoms with E-state index in [9.17, 15) is 21.9 Å². The van der Waals surface area contributed by atoms with E-state index in [-0.39, 0.29) is 10.7 Å². The van der Waals surface area contributed by atoms with Crippen molar-refractivity contribution in [1.82, 2.24) is 9.55 Å². The molecule has 0 aliphatic rings. The molecule has 0 saturated heterocycles. The Kier molecular flexibility index (Phi) is 4.92. The fourth-order valence-electron chi connectivity index (χ4n) is 2.37. The maximum absolute atomic E-state index is 13.1. The van der Waals surface area contributed by atoms with Crippen molar-refractivity contribution in [2.24, 2.45) is 0 Å². The molecule has 26 heavy (non-hydrogen) atoms. The van der Waals surface area contributed by atoms with Crippen LogP contribution in [0.2, 0.25) is 5.02 Å². The minimum absolute atomic E-state index is 0.0323. The van der Waals surface area contributed by atoms with E-state index in [1.807, 2.05) is 0 Å². The number of halogens is 4. The summed E-state index contributed by atoms with van der Waals surface area (Å²) >= 11 is 3.66. The van der Waals surface area contributed by atoms with Gasteiger partial charge >= 0.3 is 6.18 Å². The van der Waals surface area contributed by atoms with Gasteiger partial charge in [-0.2, -0.15) is 13.2 Å². The number of rotatable bonds is 3. The minimum atomic E-state index is -4.62. The lowest BCUT2D eigenvalue weighted by atomic mass is 10.1. The molecule has 4 nitrogen and oxygen atoms in total. The summed E-state index contributed by atoms with van der Waals surface area (Å²) in [7, 11) is 0. The predicted molar refractivity (Wildman–Crippen MR) is 90.9 cm³/mol. The molecule has 0 amide bonds. The van der Waals surface area contributed by atoms with E-state index >= 15 is 0 Å². The number of hydrogen-bond donors (Lipinski definition) is 0. The number of aryl methyl sites for hydroxylation is 1. The third kappa shape index (κ3) is 3.67. The molecule has 0 spiro atoms. The smallest absolute Gasteiger partial charge is 0.434 e. The van der Waals surface area contributed by atoms with E-state index in [1.54, 1.807) is 19.1 Å². The van der Waals surface area contributed by atoms with Crippen LogP contribution in [-0.2, 0) is 17.3 Å². The Hall–Kier alpha value is -2.16. The normalized spacial score (nSPS) is 13.0. The molecule has 0 radical (unpaired) electrons. The highest BCUT2D eigenvalue weighted by Crippen LogP contribution is 2.33. The van der Waals surface area contributed by atoms with Crippen molar-refractivity contribution in [2.75, 3.05) is 0 Å². The predicted octanol–water partition coefficient (Wildman–Crippen LogP) is 4.76. The van der Waals surface area contributed by atoms with Gasteiger partial charge in [-0.3, -0.25) is 8.78 Å². The van der Waals surface area contributed by atoms with Crippen LogP contribution in [0.3, 0.4) is 0 Å². The number of aromatic nitrogens is 2. The van der Waals surface area contributed by atoms with Crippen molar-refractivity contribution in [3.63, 3.8) is 0 Å². The molecule has 1 atom stereocenters. The van der Waals surface area contributed by atoms with Gasteiger partial charge in [-0.1, -0.05) is 23.7 Å². The van der Waals surface area contributed by atoms with Crippen LogP contribution in [0.5, 0.6) is 0 Å². The molecule has 1 heterocycles. The molecule has 0 N–H and O–H groups in total. The minimum Gasteiger partial charge on any atom is -0.768 e. The first-order chi connectivity index (χ1) is 12.2. The molecular weight excluding hydrogens is 389 g/mol. The van der Waals surface area contributed by atoms with E-state index in [2.05, 4.69) is 4.98 Å². The molecular formula is C17H11ClF3N2O2S-. The second-order valence-corrected chi connectivity index (χ2v) is 6.86. The first-order valence-electron chi connectivity index (χ1n) is 7.29. The van der Waals surface area contributed by atoms with Crippen LogP contribution in [0.4, 0.5) is 13.2 Å². The van der Waals surface area contributed by atoms with Crippen molar-refractivity contribution < 1.29 is 21.9 Å². The van der Waals surface area contributed by atoms with Gasteiger partial charge in [-0.15, -0.1) is 0 Å². The van der Waals surface area contributed by atoms with Crippen molar-refractivity contribution in [3.05, 3.63) is 64.9 Å². The summed E-state index contributed by atoms with van der Waals surface area (Å²) in [5.41, 5.74) is 0.481. The maximum atomic E-state index is 13.1. The molecule has 3 rings (SSSR count). The summed E-state index contributed by atoms with van der Waals surface area (Å²) in [6, 6.07) is 10.3. The van der Waals surface area contributed by atoms with E-state index in [0.717, 1.165) is 11.8 Å². The summed E-state index contributed by atoms with van der Waals surface area (Å²) in [5, 5.41) is 0.405.